The first-order valence-electron chi connectivity index (χ1n) is 4.17. The third kappa shape index (κ3) is 27.0. The van der Waals surface area contributed by atoms with E-state index in [2.05, 4.69) is 5.10 Å². The molecule has 0 amide bonds. The second-order valence-corrected chi connectivity index (χ2v) is 1.31. The van der Waals surface area contributed by atoms with Gasteiger partial charge in [0.15, 0.2) is 0 Å². The van der Waals surface area contributed by atoms with Gasteiger partial charge in [-0.3, -0.25) is 0 Å². The van der Waals surface area contributed by atoms with Gasteiger partial charge < -0.3 is 5.84 Å². The maximum absolute atomic E-state index is 4.83. The summed E-state index contributed by atoms with van der Waals surface area (Å²) >= 11 is 0. The van der Waals surface area contributed by atoms with Crippen molar-refractivity contribution < 1.29 is 0 Å². The largest absolute Gasteiger partial charge is 0.323 e. The van der Waals surface area contributed by atoms with Crippen molar-refractivity contribution in [2.24, 2.45) is 10.9 Å². The monoisotopic (exact) mass is 158 g/mol. The summed E-state index contributed by atoms with van der Waals surface area (Å²) < 4.78 is 0. The van der Waals surface area contributed by atoms with E-state index in [1.54, 1.807) is 6.21 Å². The number of hydrazone groups is 1. The lowest BCUT2D eigenvalue weighted by molar-refractivity contribution is 1.26. The molecule has 0 aliphatic rings. The average Bonchev–Trinajstić information content (AvgIpc) is 2.12. The number of nitrogens with zero attached hydrogens (tertiary/aromatic N) is 1. The summed E-state index contributed by atoms with van der Waals surface area (Å²) in [6, 6.07) is 0. The summed E-state index contributed by atoms with van der Waals surface area (Å²) in [6.07, 6.45) is 3.55. The Hall–Kier alpha value is -0.790. The van der Waals surface area contributed by atoms with Crippen LogP contribution in [0.3, 0.4) is 0 Å². The zero-order valence-corrected chi connectivity index (χ0v) is 8.68. The fourth-order valence-electron chi connectivity index (χ4n) is 0.192. The lowest BCUT2D eigenvalue weighted by Crippen LogP contribution is -1.82. The molecule has 2 nitrogen and oxygen atoms in total. The SMILES string of the molecule is C/C=C(C)\C=N/N.CC.CC. The molecule has 0 saturated carbocycles. The molecule has 2 heteroatoms. The van der Waals surface area contributed by atoms with Gasteiger partial charge in [-0.2, -0.15) is 5.10 Å². The second-order valence-electron chi connectivity index (χ2n) is 1.31. The van der Waals surface area contributed by atoms with Gasteiger partial charge in [0.1, 0.15) is 0 Å². The molecule has 0 bridgehead atoms. The first-order chi connectivity index (χ1) is 5.31. The zero-order chi connectivity index (χ0) is 9.70. The summed E-state index contributed by atoms with van der Waals surface area (Å²) in [5.41, 5.74) is 1.09. The zero-order valence-electron chi connectivity index (χ0n) is 8.68. The Kier molecular flexibility index (Phi) is 34.6. The molecule has 0 aromatic rings. The van der Waals surface area contributed by atoms with Gasteiger partial charge in [-0.15, -0.1) is 0 Å². The summed E-state index contributed by atoms with van der Waals surface area (Å²) in [5, 5.41) is 3.31. The van der Waals surface area contributed by atoms with Gasteiger partial charge in [0.05, 0.1) is 0 Å². The van der Waals surface area contributed by atoms with Crippen molar-refractivity contribution in [3.63, 3.8) is 0 Å². The predicted molar refractivity (Wildman–Crippen MR) is 54.8 cm³/mol. The average molecular weight is 158 g/mol. The number of nitrogens with two attached hydrogens (primary N) is 1. The van der Waals surface area contributed by atoms with Crippen molar-refractivity contribution in [2.45, 2.75) is 41.5 Å². The number of allylic oxidation sites excluding steroid dienone is 2. The molecule has 11 heavy (non-hydrogen) atoms. The fraction of sp³-hybridized carbons (Fsp3) is 0.667. The number of hydrogen-bond donors (Lipinski definition) is 1. The fourth-order valence-corrected chi connectivity index (χ4v) is 0.192. The van der Waals surface area contributed by atoms with Gasteiger partial charge >= 0.3 is 0 Å². The lowest BCUT2D eigenvalue weighted by atomic mass is 10.3. The molecular formula is C9H22N2. The van der Waals surface area contributed by atoms with Gasteiger partial charge in [-0.1, -0.05) is 33.8 Å². The molecule has 2 N–H and O–H groups in total. The molecule has 68 valence electrons. The Labute approximate surface area is 71.2 Å². The maximum atomic E-state index is 4.83. The van der Waals surface area contributed by atoms with E-state index in [1.807, 2.05) is 47.6 Å². The molecule has 0 aromatic heterocycles. The minimum absolute atomic E-state index is 1.09. The first-order valence-corrected chi connectivity index (χ1v) is 4.17. The predicted octanol–water partition coefficient (Wildman–Crippen LogP) is 2.95. The third-order valence-electron chi connectivity index (χ3n) is 0.734. The van der Waals surface area contributed by atoms with E-state index >= 15 is 0 Å². The minimum Gasteiger partial charge on any atom is -0.323 e. The summed E-state index contributed by atoms with van der Waals surface area (Å²) in [5.74, 6) is 4.83. The molecule has 0 aliphatic heterocycles. The molecule has 0 aliphatic carbocycles. The lowest BCUT2D eigenvalue weighted by Gasteiger charge is -1.80. The molecule has 0 unspecified atom stereocenters. The Balaban J connectivity index is -0.000000138. The van der Waals surface area contributed by atoms with Crippen LogP contribution in [0.15, 0.2) is 16.8 Å². The van der Waals surface area contributed by atoms with Crippen molar-refractivity contribution in [3.05, 3.63) is 11.6 Å². The topological polar surface area (TPSA) is 38.4 Å². The Morgan fingerprint density at radius 1 is 1.18 bits per heavy atom. The highest BCUT2D eigenvalue weighted by Crippen LogP contribution is 1.82. The molecule has 0 heterocycles. The van der Waals surface area contributed by atoms with E-state index in [4.69, 9.17) is 5.84 Å². The van der Waals surface area contributed by atoms with Crippen LogP contribution in [0, 0.1) is 0 Å². The highest BCUT2D eigenvalue weighted by Gasteiger charge is 1.71. The van der Waals surface area contributed by atoms with Crippen LogP contribution in [0.4, 0.5) is 0 Å². The van der Waals surface area contributed by atoms with Gasteiger partial charge in [0.25, 0.3) is 0 Å². The highest BCUT2D eigenvalue weighted by molar-refractivity contribution is 5.77. The van der Waals surface area contributed by atoms with Crippen molar-refractivity contribution in [2.75, 3.05) is 0 Å². The van der Waals surface area contributed by atoms with Gasteiger partial charge in [0, 0.05) is 6.21 Å². The van der Waals surface area contributed by atoms with Crippen LogP contribution >= 0.6 is 0 Å². The number of rotatable bonds is 1. The molecule has 0 radical (unpaired) electrons. The van der Waals surface area contributed by atoms with Crippen LogP contribution in [0.1, 0.15) is 41.5 Å². The minimum atomic E-state index is 1.09. The molecule has 0 fully saturated rings. The van der Waals surface area contributed by atoms with Crippen molar-refractivity contribution in [3.8, 4) is 0 Å². The number of hydrogen-bond acceptors (Lipinski definition) is 2. The summed E-state index contributed by atoms with van der Waals surface area (Å²) in [4.78, 5) is 0. The first kappa shape index (κ1) is 16.7. The quantitative estimate of drug-likeness (QED) is 0.355. The van der Waals surface area contributed by atoms with Crippen molar-refractivity contribution in [1.82, 2.24) is 0 Å². The molecule has 0 rings (SSSR count). The van der Waals surface area contributed by atoms with Gasteiger partial charge in [-0.25, -0.2) is 0 Å². The highest BCUT2D eigenvalue weighted by atomic mass is 15.1. The van der Waals surface area contributed by atoms with Crippen LogP contribution in [0.5, 0.6) is 0 Å². The molecular weight excluding hydrogens is 136 g/mol. The van der Waals surface area contributed by atoms with Gasteiger partial charge in [0.2, 0.25) is 0 Å². The van der Waals surface area contributed by atoms with Crippen molar-refractivity contribution in [1.29, 1.82) is 0 Å². The maximum Gasteiger partial charge on any atom is 0.0491 e. The van der Waals surface area contributed by atoms with Crippen LogP contribution < -0.4 is 5.84 Å². The van der Waals surface area contributed by atoms with E-state index in [0.717, 1.165) is 5.57 Å². The Bertz CT molecular complexity index is 93.7. The van der Waals surface area contributed by atoms with E-state index < -0.39 is 0 Å². The van der Waals surface area contributed by atoms with Crippen LogP contribution in [-0.2, 0) is 0 Å². The summed E-state index contributed by atoms with van der Waals surface area (Å²) in [7, 11) is 0. The van der Waals surface area contributed by atoms with E-state index in [-0.39, 0.29) is 0 Å². The molecule has 0 spiro atoms. The Morgan fingerprint density at radius 3 is 1.64 bits per heavy atom. The van der Waals surface area contributed by atoms with E-state index in [0.29, 0.717) is 0 Å². The van der Waals surface area contributed by atoms with Crippen LogP contribution in [0.2, 0.25) is 0 Å². The summed E-state index contributed by atoms with van der Waals surface area (Å²) in [6.45, 7) is 11.9. The second kappa shape index (κ2) is 22.9. The van der Waals surface area contributed by atoms with Crippen molar-refractivity contribution >= 4 is 6.21 Å². The normalized spacial score (nSPS) is 9.45. The Morgan fingerprint density at radius 2 is 1.55 bits per heavy atom. The van der Waals surface area contributed by atoms with E-state index in [1.165, 1.54) is 0 Å². The van der Waals surface area contributed by atoms with Crippen LogP contribution in [0.25, 0.3) is 0 Å². The molecule has 0 saturated heterocycles. The van der Waals surface area contributed by atoms with Gasteiger partial charge in [-0.05, 0) is 19.4 Å². The standard InChI is InChI=1S/C5H10N2.2C2H6/c1-3-5(2)4-7-6;2*1-2/h3-4H,6H2,1-2H3;2*1-2H3/b5-3-,7-4-;;. The van der Waals surface area contributed by atoms with Crippen LogP contribution in [-0.4, -0.2) is 6.21 Å². The molecule has 0 atom stereocenters. The van der Waals surface area contributed by atoms with E-state index in [9.17, 15) is 0 Å². The molecule has 0 aromatic carbocycles. The smallest absolute Gasteiger partial charge is 0.0491 e. The third-order valence-corrected chi connectivity index (χ3v) is 0.734.